The molecule has 0 radical (unpaired) electrons. The number of nitrogens with zero attached hydrogens (tertiary/aromatic N) is 1. The van der Waals surface area contributed by atoms with Crippen molar-refractivity contribution in [2.75, 3.05) is 13.6 Å². The van der Waals surface area contributed by atoms with Crippen LogP contribution in [0.2, 0.25) is 0 Å². The highest BCUT2D eigenvalue weighted by Gasteiger charge is 2.30. The molecule has 0 bridgehead atoms. The Morgan fingerprint density at radius 3 is 2.18 bits per heavy atom. The summed E-state index contributed by atoms with van der Waals surface area (Å²) in [6, 6.07) is 4.41. The Bertz CT molecular complexity index is 389. The van der Waals surface area contributed by atoms with Crippen LogP contribution in [0.3, 0.4) is 0 Å². The molecule has 1 unspecified atom stereocenters. The Morgan fingerprint density at radius 2 is 1.76 bits per heavy atom. The Kier molecular flexibility index (Phi) is 4.70. The third kappa shape index (κ3) is 3.81. The first kappa shape index (κ1) is 14.2. The van der Waals surface area contributed by atoms with E-state index in [1.807, 2.05) is 6.92 Å². The summed E-state index contributed by atoms with van der Waals surface area (Å²) in [7, 11) is 0.281. The fourth-order valence-corrected chi connectivity index (χ4v) is 2.42. The zero-order valence-corrected chi connectivity index (χ0v) is 10.4. The minimum Gasteiger partial charge on any atom is -0.237 e. The standard InChI is InChI=1S/C11H14F3NOS/c1-3-8-15(2)17(16)10-6-4-9(5-7-10)11(12,13)14/h4-7H,3,8H2,1-2H3. The highest BCUT2D eigenvalue weighted by Crippen LogP contribution is 2.29. The van der Waals surface area contributed by atoms with Gasteiger partial charge in [0.25, 0.3) is 0 Å². The summed E-state index contributed by atoms with van der Waals surface area (Å²) >= 11 is 0. The maximum atomic E-state index is 12.3. The van der Waals surface area contributed by atoms with Crippen LogP contribution in [0, 0.1) is 0 Å². The van der Waals surface area contributed by atoms with Gasteiger partial charge in [0.05, 0.1) is 10.5 Å². The number of rotatable bonds is 4. The highest BCUT2D eigenvalue weighted by molar-refractivity contribution is 7.82. The quantitative estimate of drug-likeness (QED) is 0.819. The van der Waals surface area contributed by atoms with Gasteiger partial charge in [0, 0.05) is 13.6 Å². The number of alkyl halides is 3. The van der Waals surface area contributed by atoms with Crippen molar-refractivity contribution in [2.45, 2.75) is 24.4 Å². The molecule has 0 N–H and O–H groups in total. The van der Waals surface area contributed by atoms with E-state index in [0.29, 0.717) is 11.4 Å². The maximum Gasteiger partial charge on any atom is 0.416 e. The molecule has 1 aromatic rings. The van der Waals surface area contributed by atoms with E-state index >= 15 is 0 Å². The van der Waals surface area contributed by atoms with Gasteiger partial charge in [-0.3, -0.25) is 0 Å². The Labute approximate surface area is 101 Å². The molecule has 0 aliphatic carbocycles. The molecule has 0 aliphatic rings. The summed E-state index contributed by atoms with van der Waals surface area (Å²) in [6.45, 7) is 2.58. The zero-order chi connectivity index (χ0) is 13.1. The molecule has 0 spiro atoms. The molecule has 0 fully saturated rings. The second-order valence-corrected chi connectivity index (χ2v) is 5.22. The third-order valence-corrected chi connectivity index (χ3v) is 3.63. The minimum atomic E-state index is -4.35. The number of hydrogen-bond donors (Lipinski definition) is 0. The van der Waals surface area contributed by atoms with Gasteiger partial charge in [0.15, 0.2) is 0 Å². The SMILES string of the molecule is CCCN(C)S(=O)c1ccc(C(F)(F)F)cc1. The van der Waals surface area contributed by atoms with Gasteiger partial charge in [0.2, 0.25) is 0 Å². The number of halogens is 3. The average molecular weight is 265 g/mol. The molecule has 0 amide bonds. The van der Waals surface area contributed by atoms with Crippen molar-refractivity contribution in [1.29, 1.82) is 0 Å². The smallest absolute Gasteiger partial charge is 0.237 e. The summed E-state index contributed by atoms with van der Waals surface area (Å²) in [4.78, 5) is 0.383. The van der Waals surface area contributed by atoms with Gasteiger partial charge in [0.1, 0.15) is 11.0 Å². The van der Waals surface area contributed by atoms with E-state index in [0.717, 1.165) is 18.6 Å². The first-order valence-electron chi connectivity index (χ1n) is 5.16. The van der Waals surface area contributed by atoms with Gasteiger partial charge in [-0.15, -0.1) is 0 Å². The van der Waals surface area contributed by atoms with Gasteiger partial charge in [-0.25, -0.2) is 8.51 Å². The van der Waals surface area contributed by atoms with Crippen molar-refractivity contribution < 1.29 is 17.4 Å². The molecule has 17 heavy (non-hydrogen) atoms. The molecule has 1 atom stereocenters. The van der Waals surface area contributed by atoms with Gasteiger partial charge in [-0.2, -0.15) is 13.2 Å². The fourth-order valence-electron chi connectivity index (χ4n) is 1.34. The number of benzene rings is 1. The van der Waals surface area contributed by atoms with Crippen molar-refractivity contribution in [3.63, 3.8) is 0 Å². The first-order chi connectivity index (χ1) is 7.86. The van der Waals surface area contributed by atoms with Crippen LogP contribution in [0.5, 0.6) is 0 Å². The lowest BCUT2D eigenvalue weighted by atomic mass is 10.2. The molecule has 0 saturated heterocycles. The Morgan fingerprint density at radius 1 is 1.24 bits per heavy atom. The van der Waals surface area contributed by atoms with Crippen LogP contribution in [0.1, 0.15) is 18.9 Å². The number of hydrogen-bond acceptors (Lipinski definition) is 1. The van der Waals surface area contributed by atoms with Crippen LogP contribution in [0.15, 0.2) is 29.2 Å². The summed E-state index contributed by atoms with van der Waals surface area (Å²) in [5, 5.41) is 0. The maximum absolute atomic E-state index is 12.3. The van der Waals surface area contributed by atoms with Gasteiger partial charge in [-0.1, -0.05) is 6.92 Å². The Balaban J connectivity index is 2.84. The minimum absolute atomic E-state index is 0.383. The molecule has 0 aromatic heterocycles. The van der Waals surface area contributed by atoms with Crippen molar-refractivity contribution in [1.82, 2.24) is 4.31 Å². The lowest BCUT2D eigenvalue weighted by Crippen LogP contribution is -2.22. The van der Waals surface area contributed by atoms with E-state index < -0.39 is 22.7 Å². The van der Waals surface area contributed by atoms with Crippen LogP contribution in [-0.2, 0) is 17.2 Å². The summed E-state index contributed by atoms with van der Waals surface area (Å²) < 4.78 is 50.4. The second-order valence-electron chi connectivity index (χ2n) is 3.62. The predicted octanol–water partition coefficient (Wildman–Crippen LogP) is 3.07. The van der Waals surface area contributed by atoms with Crippen molar-refractivity contribution >= 4 is 11.0 Å². The van der Waals surface area contributed by atoms with Crippen molar-refractivity contribution in [3.05, 3.63) is 29.8 Å². The average Bonchev–Trinajstić information content (AvgIpc) is 2.27. The van der Waals surface area contributed by atoms with Crippen LogP contribution in [-0.4, -0.2) is 22.1 Å². The van der Waals surface area contributed by atoms with E-state index in [9.17, 15) is 17.4 Å². The van der Waals surface area contributed by atoms with E-state index in [1.54, 1.807) is 11.4 Å². The summed E-state index contributed by atoms with van der Waals surface area (Å²) in [6.07, 6.45) is -3.52. The van der Waals surface area contributed by atoms with Gasteiger partial charge >= 0.3 is 6.18 Å². The third-order valence-electron chi connectivity index (χ3n) is 2.20. The summed E-state index contributed by atoms with van der Waals surface area (Å²) in [5.74, 6) is 0. The molecular formula is C11H14F3NOS. The normalized spacial score (nSPS) is 14.0. The largest absolute Gasteiger partial charge is 0.416 e. The van der Waals surface area contributed by atoms with E-state index in [4.69, 9.17) is 0 Å². The lowest BCUT2D eigenvalue weighted by Gasteiger charge is -2.15. The molecule has 6 heteroatoms. The van der Waals surface area contributed by atoms with Crippen molar-refractivity contribution in [3.8, 4) is 0 Å². The highest BCUT2D eigenvalue weighted by atomic mass is 32.2. The molecule has 0 heterocycles. The monoisotopic (exact) mass is 265 g/mol. The predicted molar refractivity (Wildman–Crippen MR) is 60.8 cm³/mol. The topological polar surface area (TPSA) is 20.3 Å². The van der Waals surface area contributed by atoms with Crippen LogP contribution >= 0.6 is 0 Å². The van der Waals surface area contributed by atoms with Crippen LogP contribution < -0.4 is 0 Å². The molecular weight excluding hydrogens is 251 g/mol. The molecule has 2 nitrogen and oxygen atoms in total. The fraction of sp³-hybridized carbons (Fsp3) is 0.455. The van der Waals surface area contributed by atoms with E-state index in [1.165, 1.54) is 12.1 Å². The molecule has 0 saturated carbocycles. The van der Waals surface area contributed by atoms with Crippen molar-refractivity contribution in [2.24, 2.45) is 0 Å². The van der Waals surface area contributed by atoms with Gasteiger partial charge < -0.3 is 0 Å². The molecule has 0 aliphatic heterocycles. The molecule has 1 aromatic carbocycles. The first-order valence-corrected chi connectivity index (χ1v) is 6.27. The van der Waals surface area contributed by atoms with Crippen LogP contribution in [0.4, 0.5) is 13.2 Å². The zero-order valence-electron chi connectivity index (χ0n) is 9.62. The summed E-state index contributed by atoms with van der Waals surface area (Å²) in [5.41, 5.74) is -0.726. The van der Waals surface area contributed by atoms with Crippen LogP contribution in [0.25, 0.3) is 0 Å². The van der Waals surface area contributed by atoms with Gasteiger partial charge in [-0.05, 0) is 30.7 Å². The Hall–Kier alpha value is -0.880. The van der Waals surface area contributed by atoms with E-state index in [-0.39, 0.29) is 0 Å². The van der Waals surface area contributed by atoms with E-state index in [2.05, 4.69) is 0 Å². The molecule has 96 valence electrons. The second kappa shape index (κ2) is 5.64. The lowest BCUT2D eigenvalue weighted by molar-refractivity contribution is -0.137. The molecule has 1 rings (SSSR count).